The molecule has 20 heavy (non-hydrogen) atoms. The van der Waals surface area contributed by atoms with E-state index in [2.05, 4.69) is 12.2 Å². The van der Waals surface area contributed by atoms with Gasteiger partial charge in [0.1, 0.15) is 11.6 Å². The molecule has 2 aromatic rings. The molecule has 2 rings (SSSR count). The van der Waals surface area contributed by atoms with Gasteiger partial charge in [-0.25, -0.2) is 8.78 Å². The van der Waals surface area contributed by atoms with E-state index < -0.39 is 11.6 Å². The number of benzene rings is 2. The van der Waals surface area contributed by atoms with Crippen molar-refractivity contribution in [2.75, 3.05) is 7.05 Å². The summed E-state index contributed by atoms with van der Waals surface area (Å²) in [5.41, 5.74) is 2.82. The van der Waals surface area contributed by atoms with Crippen molar-refractivity contribution in [2.24, 2.45) is 0 Å². The van der Waals surface area contributed by atoms with Crippen LogP contribution in [-0.2, 0) is 0 Å². The maximum atomic E-state index is 13.9. The Bertz CT molecular complexity index is 587. The summed E-state index contributed by atoms with van der Waals surface area (Å²) in [6.07, 6.45) is 0.986. The lowest BCUT2D eigenvalue weighted by molar-refractivity contribution is 0.576. The molecule has 0 amide bonds. The Morgan fingerprint density at radius 3 is 2.25 bits per heavy atom. The highest BCUT2D eigenvalue weighted by molar-refractivity contribution is 5.65. The van der Waals surface area contributed by atoms with Gasteiger partial charge in [-0.15, -0.1) is 0 Å². The van der Waals surface area contributed by atoms with Gasteiger partial charge in [0.2, 0.25) is 0 Å². The SMILES string of the molecule is CCC(NC)c1ccc(-c2cc(C)c(F)cc2F)cc1. The fraction of sp³-hybridized carbons (Fsp3) is 0.294. The van der Waals surface area contributed by atoms with Gasteiger partial charge in [0.25, 0.3) is 0 Å². The summed E-state index contributed by atoms with van der Waals surface area (Å²) in [7, 11) is 1.92. The Balaban J connectivity index is 2.37. The Hall–Kier alpha value is -1.74. The van der Waals surface area contributed by atoms with Crippen molar-refractivity contribution < 1.29 is 8.78 Å². The van der Waals surface area contributed by atoms with Crippen LogP contribution in [0.2, 0.25) is 0 Å². The molecule has 0 aliphatic carbocycles. The van der Waals surface area contributed by atoms with Gasteiger partial charge in [-0.1, -0.05) is 31.2 Å². The summed E-state index contributed by atoms with van der Waals surface area (Å²) in [5.74, 6) is -1.04. The average molecular weight is 275 g/mol. The van der Waals surface area contributed by atoms with Crippen LogP contribution in [0.15, 0.2) is 36.4 Å². The highest BCUT2D eigenvalue weighted by Crippen LogP contribution is 2.27. The van der Waals surface area contributed by atoms with Gasteiger partial charge in [0, 0.05) is 17.7 Å². The number of nitrogens with one attached hydrogen (secondary N) is 1. The lowest BCUT2D eigenvalue weighted by Crippen LogP contribution is -2.14. The molecule has 3 heteroatoms. The standard InChI is InChI=1S/C17H19F2N/c1-4-17(20-3)13-7-5-12(6-8-13)14-9-11(2)15(18)10-16(14)19/h5-10,17,20H,4H2,1-3H3. The zero-order valence-corrected chi connectivity index (χ0v) is 12.0. The molecule has 0 spiro atoms. The predicted octanol–water partition coefficient (Wildman–Crippen LogP) is 4.61. The summed E-state index contributed by atoms with van der Waals surface area (Å²) >= 11 is 0. The monoisotopic (exact) mass is 275 g/mol. The molecule has 0 heterocycles. The first-order valence-electron chi connectivity index (χ1n) is 6.80. The molecular formula is C17H19F2N. The highest BCUT2D eigenvalue weighted by Gasteiger charge is 2.11. The van der Waals surface area contributed by atoms with Crippen LogP contribution in [0.25, 0.3) is 11.1 Å². The van der Waals surface area contributed by atoms with Crippen molar-refractivity contribution in [3.8, 4) is 11.1 Å². The molecule has 0 aromatic heterocycles. The Labute approximate surface area is 118 Å². The van der Waals surface area contributed by atoms with E-state index in [4.69, 9.17) is 0 Å². The second kappa shape index (κ2) is 6.14. The van der Waals surface area contributed by atoms with Crippen LogP contribution in [0.5, 0.6) is 0 Å². The first-order chi connectivity index (χ1) is 9.56. The Morgan fingerprint density at radius 2 is 1.70 bits per heavy atom. The van der Waals surface area contributed by atoms with Gasteiger partial charge in [-0.3, -0.25) is 0 Å². The van der Waals surface area contributed by atoms with Crippen molar-refractivity contribution in [3.05, 3.63) is 59.2 Å². The van der Waals surface area contributed by atoms with Gasteiger partial charge in [-0.2, -0.15) is 0 Å². The topological polar surface area (TPSA) is 12.0 Å². The maximum Gasteiger partial charge on any atom is 0.133 e. The molecule has 0 fully saturated rings. The summed E-state index contributed by atoms with van der Waals surface area (Å²) in [6.45, 7) is 3.75. The third-order valence-electron chi connectivity index (χ3n) is 3.63. The number of hydrogen-bond acceptors (Lipinski definition) is 1. The Kier molecular flexibility index (Phi) is 4.50. The largest absolute Gasteiger partial charge is 0.313 e. The van der Waals surface area contributed by atoms with E-state index in [1.54, 1.807) is 13.0 Å². The lowest BCUT2D eigenvalue weighted by Gasteiger charge is -2.15. The fourth-order valence-electron chi connectivity index (χ4n) is 2.38. The zero-order valence-electron chi connectivity index (χ0n) is 12.0. The van der Waals surface area contributed by atoms with Crippen LogP contribution in [0.4, 0.5) is 8.78 Å². The molecule has 0 aliphatic heterocycles. The smallest absolute Gasteiger partial charge is 0.133 e. The normalized spacial score (nSPS) is 12.4. The van der Waals surface area contributed by atoms with E-state index in [1.807, 2.05) is 31.3 Å². The number of aryl methyl sites for hydroxylation is 1. The first kappa shape index (κ1) is 14.7. The minimum atomic E-state index is -0.526. The quantitative estimate of drug-likeness (QED) is 0.859. The summed E-state index contributed by atoms with van der Waals surface area (Å²) in [5, 5.41) is 3.23. The fourth-order valence-corrected chi connectivity index (χ4v) is 2.38. The molecule has 0 aliphatic rings. The highest BCUT2D eigenvalue weighted by atomic mass is 19.1. The molecule has 106 valence electrons. The van der Waals surface area contributed by atoms with Crippen molar-refractivity contribution >= 4 is 0 Å². The van der Waals surface area contributed by atoms with Crippen LogP contribution in [0, 0.1) is 18.6 Å². The molecule has 1 unspecified atom stereocenters. The third kappa shape index (κ3) is 2.88. The minimum Gasteiger partial charge on any atom is -0.313 e. The summed E-state index contributed by atoms with van der Waals surface area (Å²) in [6, 6.07) is 10.5. The Morgan fingerprint density at radius 1 is 1.05 bits per heavy atom. The average Bonchev–Trinajstić information content (AvgIpc) is 2.45. The van der Waals surface area contributed by atoms with E-state index in [0.29, 0.717) is 17.2 Å². The number of rotatable bonds is 4. The molecule has 2 aromatic carbocycles. The number of hydrogen-bond donors (Lipinski definition) is 1. The molecule has 0 saturated heterocycles. The molecule has 1 nitrogen and oxygen atoms in total. The van der Waals surface area contributed by atoms with Gasteiger partial charge < -0.3 is 5.32 Å². The summed E-state index contributed by atoms with van der Waals surface area (Å²) in [4.78, 5) is 0. The van der Waals surface area contributed by atoms with Gasteiger partial charge >= 0.3 is 0 Å². The molecule has 0 saturated carbocycles. The molecule has 0 bridgehead atoms. The minimum absolute atomic E-state index is 0.295. The van der Waals surface area contributed by atoms with Gasteiger partial charge in [-0.05, 0) is 43.1 Å². The van der Waals surface area contributed by atoms with Gasteiger partial charge in [0.15, 0.2) is 0 Å². The van der Waals surface area contributed by atoms with E-state index in [1.165, 1.54) is 0 Å². The van der Waals surface area contributed by atoms with Crippen LogP contribution < -0.4 is 5.32 Å². The first-order valence-corrected chi connectivity index (χ1v) is 6.80. The van der Waals surface area contributed by atoms with Gasteiger partial charge in [0.05, 0.1) is 0 Å². The molecule has 1 atom stereocenters. The van der Waals surface area contributed by atoms with E-state index >= 15 is 0 Å². The van der Waals surface area contributed by atoms with Crippen LogP contribution >= 0.6 is 0 Å². The van der Waals surface area contributed by atoms with Crippen molar-refractivity contribution in [1.82, 2.24) is 5.32 Å². The number of halogens is 2. The van der Waals surface area contributed by atoms with Crippen molar-refractivity contribution in [3.63, 3.8) is 0 Å². The van der Waals surface area contributed by atoms with Crippen LogP contribution in [0.3, 0.4) is 0 Å². The van der Waals surface area contributed by atoms with Crippen LogP contribution in [-0.4, -0.2) is 7.05 Å². The summed E-state index contributed by atoms with van der Waals surface area (Å²) < 4.78 is 27.1. The van der Waals surface area contributed by atoms with Crippen molar-refractivity contribution in [1.29, 1.82) is 0 Å². The second-order valence-electron chi connectivity index (χ2n) is 4.95. The molecule has 1 N–H and O–H groups in total. The van der Waals surface area contributed by atoms with Crippen molar-refractivity contribution in [2.45, 2.75) is 26.3 Å². The van der Waals surface area contributed by atoms with Crippen LogP contribution in [0.1, 0.15) is 30.5 Å². The van der Waals surface area contributed by atoms with E-state index in [0.717, 1.165) is 23.6 Å². The zero-order chi connectivity index (χ0) is 14.7. The lowest BCUT2D eigenvalue weighted by atomic mass is 9.98. The second-order valence-corrected chi connectivity index (χ2v) is 4.95. The molecule has 0 radical (unpaired) electrons. The van der Waals surface area contributed by atoms with E-state index in [9.17, 15) is 8.78 Å². The van der Waals surface area contributed by atoms with E-state index in [-0.39, 0.29) is 0 Å². The third-order valence-corrected chi connectivity index (χ3v) is 3.63. The maximum absolute atomic E-state index is 13.9. The predicted molar refractivity (Wildman–Crippen MR) is 78.6 cm³/mol. The molecular weight excluding hydrogens is 256 g/mol.